The third kappa shape index (κ3) is 31.1. The fraction of sp³-hybridized carbons (Fsp3) is 0.365. The number of nitrogens with zero attached hydrogens (tertiary/aromatic N) is 6. The van der Waals surface area contributed by atoms with Crippen LogP contribution < -0.4 is 21.7 Å². The maximum absolute atomic E-state index is 13.4. The van der Waals surface area contributed by atoms with E-state index in [2.05, 4.69) is 132 Å². The highest BCUT2D eigenvalue weighted by Gasteiger charge is 2.47. The number of nitrogen functional groups attached to an aromatic ring is 1. The first-order valence-corrected chi connectivity index (χ1v) is 65.5. The highest BCUT2D eigenvalue weighted by atomic mass is 35.5. The van der Waals surface area contributed by atoms with E-state index in [4.69, 9.17) is 48.7 Å². The Morgan fingerprint density at radius 1 is 0.519 bits per heavy atom. The molecule has 7 heterocycles. The number of nitro benzene ring substituents is 3. The van der Waals surface area contributed by atoms with Gasteiger partial charge in [0.1, 0.15) is 54.1 Å². The highest BCUT2D eigenvalue weighted by molar-refractivity contribution is 6.89. The number of para-hydroxylation sites is 6. The van der Waals surface area contributed by atoms with E-state index in [0.29, 0.717) is 65.3 Å². The van der Waals surface area contributed by atoms with Gasteiger partial charge in [-0.25, -0.2) is 19.4 Å². The van der Waals surface area contributed by atoms with Crippen molar-refractivity contribution >= 4 is 157 Å². The summed E-state index contributed by atoms with van der Waals surface area (Å²) in [6.45, 7) is 44.4. The molecule has 0 saturated carbocycles. The number of aromatic nitrogens is 3. The van der Waals surface area contributed by atoms with Gasteiger partial charge in [0, 0.05) is 119 Å². The molecule has 0 radical (unpaired) electrons. The SMILES string of the molecule is CC[C@@]1(O)C(=O)OCc2c1cc1n(c2=O)CCC1=O.CC[C@@]1(O)C(=O)OCc2c1cc1n(c2=O)Cc2c-1nc1ccccc1c2CC[Si](C)(C)C.C[Si](C)(C)C#CC(=O)c1ccccc1[N+](=O)[O-].C[Si](C)(C)C#C[Si](C)(C)C.C[Si](C)(C)CCC(=O)c1ccccc1N.C[Si](C)(C)CCC(=O)c1ccccc1NCl.O=C(Cl)c1ccccc1[N+](=O)[O-].O=C(O)c1ccccc1[N+](=O)[O-]. The lowest BCUT2D eigenvalue weighted by Crippen LogP contribution is -2.44. The molecule has 2 atom stereocenters. The van der Waals surface area contributed by atoms with Gasteiger partial charge in [-0.05, 0) is 103 Å². The van der Waals surface area contributed by atoms with E-state index in [1.54, 1.807) is 36.6 Å². The van der Waals surface area contributed by atoms with Crippen LogP contribution in [-0.4, -0.2) is 139 Å². The predicted molar refractivity (Wildman–Crippen MR) is 537 cm³/mol. The molecule has 0 amide bonds. The molecule has 0 unspecified atom stereocenters. The fourth-order valence-corrected chi connectivity index (χ4v) is 20.3. The molecule has 3 aromatic heterocycles. The van der Waals surface area contributed by atoms with Gasteiger partial charge in [0.25, 0.3) is 33.4 Å². The summed E-state index contributed by atoms with van der Waals surface area (Å²) in [5.41, 5.74) is 19.0. The molecule has 13 rings (SSSR count). The number of carbonyl (C=O) groups is 8. The average Bonchev–Trinajstić information content (AvgIpc) is 1.60. The van der Waals surface area contributed by atoms with E-state index in [0.717, 1.165) is 52.8 Å². The topological polar surface area (TPSA) is 440 Å². The van der Waals surface area contributed by atoms with Gasteiger partial charge in [-0.3, -0.25) is 68.7 Å². The zero-order chi connectivity index (χ0) is 100. The van der Waals surface area contributed by atoms with Gasteiger partial charge in [-0.1, -0.05) is 229 Å². The number of hydrogen-bond donors (Lipinski definition) is 5. The molecule has 4 aliphatic rings. The number of anilines is 2. The lowest BCUT2D eigenvalue weighted by molar-refractivity contribution is -0.385. The molecule has 29 nitrogen and oxygen atoms in total. The second kappa shape index (κ2) is 46.7. The number of pyridine rings is 3. The molecular formula is C96H118Cl2N8O21Si6. The number of cyclic esters (lactones) is 2. The summed E-state index contributed by atoms with van der Waals surface area (Å²) in [4.78, 5) is 155. The number of nitrogens with two attached hydrogens (primary N) is 1. The zero-order valence-corrected chi connectivity index (χ0v) is 86.4. The Labute approximate surface area is 790 Å². The van der Waals surface area contributed by atoms with Crippen molar-refractivity contribution in [3.05, 3.63) is 276 Å². The van der Waals surface area contributed by atoms with Crippen molar-refractivity contribution in [1.29, 1.82) is 0 Å². The van der Waals surface area contributed by atoms with Gasteiger partial charge in [-0.15, -0.1) is 16.6 Å². The Bertz CT molecular complexity index is 6050. The van der Waals surface area contributed by atoms with Crippen LogP contribution in [0.2, 0.25) is 136 Å². The van der Waals surface area contributed by atoms with Gasteiger partial charge in [-0.2, -0.15) is 0 Å². The molecule has 37 heteroatoms. The number of ketones is 4. The van der Waals surface area contributed by atoms with Crippen molar-refractivity contribution in [1.82, 2.24) is 14.1 Å². The van der Waals surface area contributed by atoms with E-state index in [1.165, 1.54) is 76.9 Å². The summed E-state index contributed by atoms with van der Waals surface area (Å²) in [7, 11) is -7.40. The van der Waals surface area contributed by atoms with Crippen LogP contribution in [-0.2, 0) is 63.0 Å². The van der Waals surface area contributed by atoms with Crippen molar-refractivity contribution in [2.75, 3.05) is 10.6 Å². The second-order valence-corrected chi connectivity index (χ2v) is 70.3. The lowest BCUT2D eigenvalue weighted by Gasteiger charge is -2.31. The molecule has 0 saturated heterocycles. The van der Waals surface area contributed by atoms with Gasteiger partial charge in [0.05, 0.1) is 60.7 Å². The number of benzene rings is 6. The quantitative estimate of drug-likeness (QED) is 0.00544. The number of carbonyl (C=O) groups excluding carboxylic acids is 7. The van der Waals surface area contributed by atoms with Crippen LogP contribution in [0.5, 0.6) is 0 Å². The first-order chi connectivity index (χ1) is 61.7. The smallest absolute Gasteiger partial charge is 0.343 e. The van der Waals surface area contributed by atoms with Crippen LogP contribution in [0.3, 0.4) is 0 Å². The third-order valence-corrected chi connectivity index (χ3v) is 29.4. The highest BCUT2D eigenvalue weighted by Crippen LogP contribution is 2.42. The van der Waals surface area contributed by atoms with E-state index in [9.17, 15) is 88.5 Å². The van der Waals surface area contributed by atoms with Crippen molar-refractivity contribution in [3.63, 3.8) is 0 Å². The number of esters is 2. The standard InChI is InChI=1S/C25H28N2O4Si.C13H13NO5.C12H18ClNOSi.C12H13NO3Si.C12H19NOSi.C8H18Si2.C7H4ClNO3.C7H5NO4/c1-5-25(30)19-12-21-22-17(13-27(21)23(28)18(19)14-31-24(25)29)15(10-11-32(2,3)4)16-8-6-7-9-20(16)26-22;1-2-13(18)8-5-9-10(15)3-4-14(9)11(16)7(8)6-19-12(13)17;1-16(2,3)9-8-12(15)10-6-4-5-7-11(10)14-13;1-17(2,3)9-8-12(14)10-6-4-5-7-11(10)13(15)16;1-15(2,3)9-8-12(14)10-6-4-5-7-11(10)13;1-9(2,3)7-8-10(4,5)6;8-7(10)5-3-1-2-4-6(5)9(11)12;9-7(10)5-3-1-2-4-6(5)8(11)12/h6-9,12,30H,5,10-11,13-14H2,1-4H3;5,18H,2-4,6H2,1H3;4-7,14H,8-9H2,1-3H3;4-7H,1-3H3;4-7H,8-9,13H2,1-3H3;1-6H3;1-4H;1-4H,(H,9,10)/t25-;13-;;;;;;/m00....../s1. The molecule has 6 aromatic carbocycles. The van der Waals surface area contributed by atoms with E-state index >= 15 is 0 Å². The maximum atomic E-state index is 13.4. The number of aryl methyl sites for hydroxylation is 1. The number of fused-ring (bicyclic) bond motifs is 7. The third-order valence-electron chi connectivity index (χ3n) is 20.9. The molecular weight excluding hydrogens is 1840 g/mol. The number of carboxylic acid groups (broad SMARTS) is 1. The van der Waals surface area contributed by atoms with Gasteiger partial charge < -0.3 is 39.7 Å². The summed E-state index contributed by atoms with van der Waals surface area (Å²) in [5.74, 6) is -0.529. The largest absolute Gasteiger partial charge is 0.477 e. The maximum Gasteiger partial charge on any atom is 0.343 e. The lowest BCUT2D eigenvalue weighted by atomic mass is 9.86. The number of carboxylic acids is 1. The van der Waals surface area contributed by atoms with Crippen LogP contribution in [0.15, 0.2) is 167 Å². The van der Waals surface area contributed by atoms with E-state index in [1.807, 2.05) is 80.3 Å². The Hall–Kier alpha value is -11.9. The number of hydrogen-bond acceptors (Lipinski definition) is 23. The van der Waals surface area contributed by atoms with Crippen LogP contribution >= 0.6 is 23.4 Å². The van der Waals surface area contributed by atoms with Crippen molar-refractivity contribution in [3.8, 4) is 33.9 Å². The summed E-state index contributed by atoms with van der Waals surface area (Å²) < 4.78 is 13.2. The van der Waals surface area contributed by atoms with Gasteiger partial charge in [0.15, 0.2) is 28.6 Å². The summed E-state index contributed by atoms with van der Waals surface area (Å²) in [6, 6.07) is 45.8. The van der Waals surface area contributed by atoms with Crippen LogP contribution in [0, 0.1) is 52.9 Å². The first kappa shape index (κ1) is 110. The number of Topliss-reactive ketones (excluding diaryl/α,β-unsaturated/α-hetero) is 4. The fourth-order valence-electron chi connectivity index (χ4n) is 13.5. The normalized spacial score (nSPS) is 14.8. The Morgan fingerprint density at radius 2 is 0.917 bits per heavy atom. The minimum Gasteiger partial charge on any atom is -0.477 e. The molecule has 4 aliphatic heterocycles. The zero-order valence-electron chi connectivity index (χ0n) is 78.9. The van der Waals surface area contributed by atoms with Crippen molar-refractivity contribution in [2.45, 2.75) is 226 Å². The molecule has 0 spiro atoms. The van der Waals surface area contributed by atoms with Crippen LogP contribution in [0.4, 0.5) is 28.4 Å². The molecule has 133 heavy (non-hydrogen) atoms. The second-order valence-electron chi connectivity index (χ2n) is 38.6. The predicted octanol–water partition coefficient (Wildman–Crippen LogP) is 20.1. The number of ether oxygens (including phenoxy) is 2. The number of nitrogens with one attached hydrogen (secondary N) is 1. The monoisotopic (exact) mass is 1960 g/mol. The molecule has 9 aromatic rings. The summed E-state index contributed by atoms with van der Waals surface area (Å²) in [6.07, 6.45) is 2.70. The van der Waals surface area contributed by atoms with Crippen molar-refractivity contribution in [2.24, 2.45) is 0 Å². The van der Waals surface area contributed by atoms with E-state index in [-0.39, 0.29) is 112 Å². The molecule has 0 fully saturated rings. The number of halogens is 2. The molecule has 0 aliphatic carbocycles. The number of aromatic carboxylic acids is 1. The Morgan fingerprint density at radius 3 is 1.35 bits per heavy atom. The Kier molecular flexibility index (Phi) is 38.5. The minimum absolute atomic E-state index is 0.0586. The molecule has 0 bridgehead atoms. The van der Waals surface area contributed by atoms with Crippen LogP contribution in [0.1, 0.15) is 142 Å². The van der Waals surface area contributed by atoms with Gasteiger partial charge in [0.2, 0.25) is 5.78 Å². The number of nitro groups is 3. The van der Waals surface area contributed by atoms with Crippen molar-refractivity contribution < 1.29 is 77.9 Å². The van der Waals surface area contributed by atoms with Crippen LogP contribution in [0.25, 0.3) is 22.3 Å². The molecule has 706 valence electrons. The van der Waals surface area contributed by atoms with Gasteiger partial charge >= 0.3 is 17.9 Å². The summed E-state index contributed by atoms with van der Waals surface area (Å²) in [5, 5.41) is 61.6. The number of aliphatic hydroxyl groups is 2. The first-order valence-electron chi connectivity index (χ1n) is 43.1. The Balaban J connectivity index is 0.000000241. The average molecular weight is 1960 g/mol. The molecule has 6 N–H and O–H groups in total. The van der Waals surface area contributed by atoms with E-state index < -0.39 is 103 Å². The number of rotatable bonds is 20. The minimum atomic E-state index is -1.83. The summed E-state index contributed by atoms with van der Waals surface area (Å²) >= 11 is 10.7.